The Hall–Kier alpha value is -2.80. The Balaban J connectivity index is 1.87. The molecule has 3 heterocycles. The van der Waals surface area contributed by atoms with Gasteiger partial charge in [0.2, 0.25) is 5.91 Å². The monoisotopic (exact) mass is 1020 g/mol. The summed E-state index contributed by atoms with van der Waals surface area (Å²) in [6, 6.07) is -1.25. The first-order valence-electron chi connectivity index (χ1n) is 26.9. The second kappa shape index (κ2) is 30.1. The number of aliphatic hydroxyl groups excluding tert-OH is 3. The van der Waals surface area contributed by atoms with Crippen LogP contribution in [-0.2, 0) is 38.0 Å². The van der Waals surface area contributed by atoms with Crippen molar-refractivity contribution in [2.24, 2.45) is 17.8 Å². The highest BCUT2D eigenvalue weighted by atomic mass is 16.7. The molecule has 0 unspecified atom stereocenters. The number of carbonyl (C=O) groups excluding carboxylic acids is 2. The number of unbranched alkanes of at least 4 members (excludes halogenated alkanes) is 1. The topological polar surface area (TPSA) is 197 Å². The molecule has 15 nitrogen and oxygen atoms in total. The summed E-state index contributed by atoms with van der Waals surface area (Å²) in [6.45, 7) is 19.9. The number of esters is 1. The highest BCUT2D eigenvalue weighted by Crippen LogP contribution is 2.40. The zero-order chi connectivity index (χ0) is 54.0. The Morgan fingerprint density at radius 1 is 0.819 bits per heavy atom. The first kappa shape index (κ1) is 63.5. The van der Waals surface area contributed by atoms with E-state index in [9.17, 15) is 35.1 Å². The van der Waals surface area contributed by atoms with Crippen molar-refractivity contribution in [3.63, 3.8) is 0 Å². The predicted octanol–water partition coefficient (Wildman–Crippen LogP) is 7.72. The number of methoxy groups -OCH3 is 1. The fourth-order valence-corrected chi connectivity index (χ4v) is 10.7. The van der Waals surface area contributed by atoms with Gasteiger partial charge in [-0.25, -0.2) is 0 Å². The van der Waals surface area contributed by atoms with Crippen molar-refractivity contribution in [3.05, 3.63) is 60.8 Å². The van der Waals surface area contributed by atoms with Crippen molar-refractivity contribution < 1.29 is 63.5 Å². The molecular weight excluding hydrogens is 921 g/mol. The summed E-state index contributed by atoms with van der Waals surface area (Å²) in [5.74, 6) is -2.97. The van der Waals surface area contributed by atoms with Gasteiger partial charge < -0.3 is 63.8 Å². The number of nitrogens with zero attached hydrogens (tertiary/aromatic N) is 2. The molecule has 0 radical (unpaired) electrons. The van der Waals surface area contributed by atoms with Crippen LogP contribution in [-0.4, -0.2) is 165 Å². The SMILES string of the molecule is CCC=CCC=CCC=CCC=CCC=CCCCC(=O)N(C)[C@H]1C[C@@H](C)O[C@@H](O[C@@H]2[C@@H](C)[C@H](O[C@H]3C[C@@](C)(OC)[C@@H](O)[C@H](C)O3)[C@@H](C)C(=O)O[C@H](CC)[C@@](C)(O)[C@H](O)[C@@H](C)N(C)C[C@H](C)C[C@@]2(C)O)[C@@H]1O. The maximum Gasteiger partial charge on any atom is 0.311 e. The lowest BCUT2D eigenvalue weighted by Crippen LogP contribution is -2.61. The van der Waals surface area contributed by atoms with E-state index in [2.05, 4.69) is 67.7 Å². The Morgan fingerprint density at radius 3 is 1.94 bits per heavy atom. The molecule has 72 heavy (non-hydrogen) atoms. The molecule has 3 aliphatic heterocycles. The number of ether oxygens (including phenoxy) is 6. The van der Waals surface area contributed by atoms with E-state index < -0.39 is 108 Å². The van der Waals surface area contributed by atoms with E-state index in [4.69, 9.17) is 28.4 Å². The second-order valence-electron chi connectivity index (χ2n) is 21.8. The first-order chi connectivity index (χ1) is 33.9. The lowest BCUT2D eigenvalue weighted by Gasteiger charge is -2.49. The molecule has 0 bridgehead atoms. The Labute approximate surface area is 433 Å². The van der Waals surface area contributed by atoms with Crippen LogP contribution in [0.25, 0.3) is 0 Å². The standard InChI is InChI=1S/C57H98N2O13/c1-15-17-18-19-20-21-22-23-24-25-26-27-28-29-30-31-32-33-46(60)59(13)44-34-39(4)68-54(48(44)61)72-52-40(5)49(71-47-36-56(10,67-14)51(63)43(8)69-47)41(6)53(64)70-45(16-2)57(11,66)50(62)42(7)58(12)37-38(3)35-55(52,9)65/h17-18,20-21,23-24,26-27,29-30,38-45,47-52,54,61-63,65-66H,15-16,19,22,25,28,31-37H2,1-14H3/t38-,39-,40+,41-,42-,43+,44+,45-,47+,48-,49+,50-,51+,52-,54+,55-,56-,57-/m1/s1. The third kappa shape index (κ3) is 18.2. The van der Waals surface area contributed by atoms with Gasteiger partial charge in [0.15, 0.2) is 12.6 Å². The van der Waals surface area contributed by atoms with Gasteiger partial charge in [0, 0.05) is 45.5 Å². The smallest absolute Gasteiger partial charge is 0.311 e. The maximum atomic E-state index is 14.5. The van der Waals surface area contributed by atoms with Gasteiger partial charge >= 0.3 is 5.97 Å². The van der Waals surface area contributed by atoms with Crippen LogP contribution in [0.4, 0.5) is 0 Å². The van der Waals surface area contributed by atoms with Gasteiger partial charge in [-0.05, 0) is 126 Å². The van der Waals surface area contributed by atoms with E-state index in [0.717, 1.165) is 38.5 Å². The van der Waals surface area contributed by atoms with Crippen LogP contribution in [0.5, 0.6) is 0 Å². The van der Waals surface area contributed by atoms with E-state index in [-0.39, 0.29) is 37.5 Å². The van der Waals surface area contributed by atoms with Gasteiger partial charge in [0.05, 0.1) is 47.6 Å². The highest BCUT2D eigenvalue weighted by Gasteiger charge is 2.53. The third-order valence-electron chi connectivity index (χ3n) is 15.4. The van der Waals surface area contributed by atoms with Crippen molar-refractivity contribution >= 4 is 11.9 Å². The van der Waals surface area contributed by atoms with Crippen LogP contribution in [0, 0.1) is 17.8 Å². The van der Waals surface area contributed by atoms with Crippen LogP contribution in [0.3, 0.4) is 0 Å². The molecule has 5 N–H and O–H groups in total. The molecule has 15 heteroatoms. The molecular formula is C57H98N2O13. The molecule has 0 spiro atoms. The molecule has 0 aromatic rings. The molecule has 18 atom stereocenters. The minimum Gasteiger partial charge on any atom is -0.459 e. The summed E-state index contributed by atoms with van der Waals surface area (Å²) in [5, 5.41) is 59.5. The average molecular weight is 1020 g/mol. The fourth-order valence-electron chi connectivity index (χ4n) is 10.7. The molecule has 1 amide bonds. The number of allylic oxidation sites excluding steroid dienone is 10. The van der Waals surface area contributed by atoms with E-state index in [1.165, 1.54) is 14.0 Å². The molecule has 414 valence electrons. The summed E-state index contributed by atoms with van der Waals surface area (Å²) in [5.41, 5.74) is -4.57. The lowest BCUT2D eigenvalue weighted by atomic mass is 9.77. The average Bonchev–Trinajstić information content (AvgIpc) is 3.33. The number of carbonyl (C=O) groups is 2. The van der Waals surface area contributed by atoms with E-state index in [1.807, 2.05) is 25.8 Å². The van der Waals surface area contributed by atoms with Crippen molar-refractivity contribution in [1.29, 1.82) is 0 Å². The van der Waals surface area contributed by atoms with Crippen LogP contribution in [0.1, 0.15) is 153 Å². The molecule has 3 rings (SSSR count). The van der Waals surface area contributed by atoms with Crippen molar-refractivity contribution in [2.45, 2.75) is 244 Å². The minimum absolute atomic E-state index is 0.0913. The first-order valence-corrected chi connectivity index (χ1v) is 26.9. The Kier molecular flexibility index (Phi) is 26.5. The van der Waals surface area contributed by atoms with Crippen LogP contribution >= 0.6 is 0 Å². The van der Waals surface area contributed by atoms with Crippen LogP contribution in [0.15, 0.2) is 60.8 Å². The minimum atomic E-state index is -1.84. The van der Waals surface area contributed by atoms with Gasteiger partial charge in [0.25, 0.3) is 0 Å². The highest BCUT2D eigenvalue weighted by molar-refractivity contribution is 5.76. The van der Waals surface area contributed by atoms with Crippen LogP contribution in [0.2, 0.25) is 0 Å². The summed E-state index contributed by atoms with van der Waals surface area (Å²) < 4.78 is 38.1. The predicted molar refractivity (Wildman–Crippen MR) is 282 cm³/mol. The number of hydrogen-bond acceptors (Lipinski definition) is 14. The molecule has 0 aliphatic carbocycles. The quantitative estimate of drug-likeness (QED) is 0.0452. The summed E-state index contributed by atoms with van der Waals surface area (Å²) >= 11 is 0. The molecule has 3 saturated heterocycles. The van der Waals surface area contributed by atoms with Gasteiger partial charge in [-0.2, -0.15) is 0 Å². The van der Waals surface area contributed by atoms with E-state index in [1.54, 1.807) is 60.4 Å². The van der Waals surface area contributed by atoms with Crippen LogP contribution < -0.4 is 0 Å². The zero-order valence-electron chi connectivity index (χ0n) is 46.5. The number of amides is 1. The number of aliphatic hydroxyl groups is 5. The zero-order valence-corrected chi connectivity index (χ0v) is 46.5. The van der Waals surface area contributed by atoms with E-state index >= 15 is 0 Å². The van der Waals surface area contributed by atoms with Gasteiger partial charge in [0.1, 0.15) is 30.0 Å². The fraction of sp³-hybridized carbons (Fsp3) is 0.789. The van der Waals surface area contributed by atoms with Gasteiger partial charge in [-0.1, -0.05) is 88.5 Å². The summed E-state index contributed by atoms with van der Waals surface area (Å²) in [6.07, 6.45) is 18.2. The number of likely N-dealkylation sites (N-methyl/N-ethyl adjacent to an activating group) is 2. The second-order valence-corrected chi connectivity index (χ2v) is 21.8. The Bertz CT molecular complexity index is 1770. The van der Waals surface area contributed by atoms with Crippen molar-refractivity contribution in [3.8, 4) is 0 Å². The molecule has 0 aromatic carbocycles. The third-order valence-corrected chi connectivity index (χ3v) is 15.4. The summed E-state index contributed by atoms with van der Waals surface area (Å²) in [7, 11) is 5.02. The largest absolute Gasteiger partial charge is 0.459 e. The molecule has 3 aliphatic rings. The normalized spacial score (nSPS) is 39.5. The van der Waals surface area contributed by atoms with Crippen molar-refractivity contribution in [1.82, 2.24) is 9.80 Å². The number of hydrogen-bond donors (Lipinski definition) is 5. The van der Waals surface area contributed by atoms with Crippen molar-refractivity contribution in [2.75, 3.05) is 27.7 Å². The molecule has 3 fully saturated rings. The molecule has 0 saturated carbocycles. The number of cyclic esters (lactones) is 1. The van der Waals surface area contributed by atoms with Gasteiger partial charge in [-0.15, -0.1) is 0 Å². The Morgan fingerprint density at radius 2 is 1.39 bits per heavy atom. The molecule has 0 aromatic heterocycles. The van der Waals surface area contributed by atoms with E-state index in [0.29, 0.717) is 19.4 Å². The summed E-state index contributed by atoms with van der Waals surface area (Å²) in [4.78, 5) is 31.6. The number of rotatable bonds is 20. The lowest BCUT2D eigenvalue weighted by molar-refractivity contribution is -0.317. The maximum absolute atomic E-state index is 14.5. The van der Waals surface area contributed by atoms with Gasteiger partial charge in [-0.3, -0.25) is 9.59 Å².